The Morgan fingerprint density at radius 3 is 2.53 bits per heavy atom. The van der Waals surface area contributed by atoms with E-state index in [1.807, 2.05) is 27.7 Å². The van der Waals surface area contributed by atoms with Crippen molar-refractivity contribution >= 4 is 21.4 Å². The third kappa shape index (κ3) is 2.69. The summed E-state index contributed by atoms with van der Waals surface area (Å²) in [6.07, 6.45) is 0.690. The lowest BCUT2D eigenvalue weighted by molar-refractivity contribution is 0.155. The van der Waals surface area contributed by atoms with Gasteiger partial charge in [0, 0.05) is 24.0 Å². The minimum atomic E-state index is -3.47. The van der Waals surface area contributed by atoms with Crippen molar-refractivity contribution in [2.45, 2.75) is 44.5 Å². The molecular formula is C12H21N3O2S2. The highest BCUT2D eigenvalue weighted by atomic mass is 32.2. The molecule has 1 aromatic rings. The number of sulfonamides is 1. The highest BCUT2D eigenvalue weighted by molar-refractivity contribution is 7.91. The van der Waals surface area contributed by atoms with Crippen LogP contribution in [0.5, 0.6) is 0 Å². The van der Waals surface area contributed by atoms with Crippen molar-refractivity contribution in [3.8, 4) is 0 Å². The molecule has 0 aromatic carbocycles. The molecule has 0 bridgehead atoms. The zero-order valence-electron chi connectivity index (χ0n) is 11.8. The van der Waals surface area contributed by atoms with Crippen LogP contribution >= 0.6 is 11.3 Å². The molecule has 1 unspecified atom stereocenters. The SMILES string of the molecule is Cc1nc(S(=O)(=O)N2CCC(N)C(C)(C)C2)sc1C. The van der Waals surface area contributed by atoms with Crippen LogP contribution in [-0.2, 0) is 10.0 Å². The normalized spacial score (nSPS) is 24.6. The number of aryl methyl sites for hydroxylation is 2. The fourth-order valence-electron chi connectivity index (χ4n) is 2.19. The Hall–Kier alpha value is -0.500. The third-order valence-corrected chi connectivity index (χ3v) is 7.12. The molecule has 0 spiro atoms. The summed E-state index contributed by atoms with van der Waals surface area (Å²) in [5.74, 6) is 0. The monoisotopic (exact) mass is 303 g/mol. The highest BCUT2D eigenvalue weighted by Gasteiger charge is 2.39. The predicted octanol–water partition coefficient (Wildman–Crippen LogP) is 1.51. The zero-order chi connectivity index (χ0) is 14.4. The van der Waals surface area contributed by atoms with Crippen LogP contribution in [0.4, 0.5) is 0 Å². The molecule has 1 fully saturated rings. The van der Waals surface area contributed by atoms with Crippen LogP contribution in [0.2, 0.25) is 0 Å². The quantitative estimate of drug-likeness (QED) is 0.898. The lowest BCUT2D eigenvalue weighted by atomic mass is 9.81. The predicted molar refractivity (Wildman–Crippen MR) is 76.7 cm³/mol. The summed E-state index contributed by atoms with van der Waals surface area (Å²) in [4.78, 5) is 5.13. The van der Waals surface area contributed by atoms with Gasteiger partial charge in [-0.3, -0.25) is 0 Å². The first-order chi connectivity index (χ1) is 8.64. The van der Waals surface area contributed by atoms with Crippen LogP contribution in [0.15, 0.2) is 4.34 Å². The van der Waals surface area contributed by atoms with Crippen LogP contribution in [0.3, 0.4) is 0 Å². The van der Waals surface area contributed by atoms with E-state index in [0.717, 1.165) is 10.6 Å². The van der Waals surface area contributed by atoms with Gasteiger partial charge in [0.1, 0.15) is 0 Å². The molecule has 0 aliphatic carbocycles. The molecule has 5 nitrogen and oxygen atoms in total. The number of aromatic nitrogens is 1. The number of hydrogen-bond donors (Lipinski definition) is 1. The molecule has 0 saturated carbocycles. The molecular weight excluding hydrogens is 282 g/mol. The van der Waals surface area contributed by atoms with Crippen molar-refractivity contribution in [3.63, 3.8) is 0 Å². The van der Waals surface area contributed by atoms with E-state index in [0.29, 0.717) is 19.5 Å². The molecule has 1 saturated heterocycles. The molecule has 108 valence electrons. The van der Waals surface area contributed by atoms with Gasteiger partial charge < -0.3 is 5.73 Å². The molecule has 0 amide bonds. The first-order valence-corrected chi connectivity index (χ1v) is 8.60. The third-order valence-electron chi connectivity index (χ3n) is 3.85. The lowest BCUT2D eigenvalue weighted by Gasteiger charge is -2.41. The second-order valence-corrected chi connectivity index (χ2v) is 9.16. The van der Waals surface area contributed by atoms with Gasteiger partial charge in [-0.15, -0.1) is 11.3 Å². The van der Waals surface area contributed by atoms with Crippen LogP contribution < -0.4 is 5.73 Å². The van der Waals surface area contributed by atoms with E-state index in [2.05, 4.69) is 4.98 Å². The largest absolute Gasteiger partial charge is 0.327 e. The van der Waals surface area contributed by atoms with Crippen LogP contribution in [-0.4, -0.2) is 36.8 Å². The maximum Gasteiger partial charge on any atom is 0.270 e. The summed E-state index contributed by atoms with van der Waals surface area (Å²) < 4.78 is 26.9. The number of thiazole rings is 1. The van der Waals surface area contributed by atoms with Gasteiger partial charge in [0.05, 0.1) is 5.69 Å². The van der Waals surface area contributed by atoms with Crippen LogP contribution in [0.1, 0.15) is 30.8 Å². The summed E-state index contributed by atoms with van der Waals surface area (Å²) in [7, 11) is -3.47. The molecule has 2 N–H and O–H groups in total. The first-order valence-electron chi connectivity index (χ1n) is 6.34. The molecule has 1 atom stereocenters. The maximum absolute atomic E-state index is 12.6. The smallest absolute Gasteiger partial charge is 0.270 e. The van der Waals surface area contributed by atoms with E-state index in [4.69, 9.17) is 5.73 Å². The summed E-state index contributed by atoms with van der Waals surface area (Å²) in [6.45, 7) is 8.68. The Kier molecular flexibility index (Phi) is 3.77. The van der Waals surface area contributed by atoms with Crippen molar-refractivity contribution in [1.29, 1.82) is 0 Å². The molecule has 7 heteroatoms. The Bertz CT molecular complexity index is 558. The number of rotatable bonds is 2. The zero-order valence-corrected chi connectivity index (χ0v) is 13.4. The number of nitrogens with two attached hydrogens (primary N) is 1. The average molecular weight is 303 g/mol. The van der Waals surface area contributed by atoms with E-state index >= 15 is 0 Å². The molecule has 1 aliphatic rings. The molecule has 2 heterocycles. The number of hydrogen-bond acceptors (Lipinski definition) is 5. The van der Waals surface area contributed by atoms with Crippen molar-refractivity contribution in [1.82, 2.24) is 9.29 Å². The van der Waals surface area contributed by atoms with Crippen molar-refractivity contribution in [2.24, 2.45) is 11.1 Å². The summed E-state index contributed by atoms with van der Waals surface area (Å²) in [5, 5.41) is 0. The van der Waals surface area contributed by atoms with Gasteiger partial charge >= 0.3 is 0 Å². The van der Waals surface area contributed by atoms with Crippen molar-refractivity contribution < 1.29 is 8.42 Å². The minimum absolute atomic E-state index is 0.0405. The highest BCUT2D eigenvalue weighted by Crippen LogP contribution is 2.32. The topological polar surface area (TPSA) is 76.3 Å². The second kappa shape index (κ2) is 4.80. The summed E-state index contributed by atoms with van der Waals surface area (Å²) >= 11 is 1.24. The van der Waals surface area contributed by atoms with Crippen molar-refractivity contribution in [3.05, 3.63) is 10.6 Å². The second-order valence-electron chi connectivity index (χ2n) is 5.84. The van der Waals surface area contributed by atoms with E-state index in [1.165, 1.54) is 15.6 Å². The van der Waals surface area contributed by atoms with Gasteiger partial charge in [-0.05, 0) is 25.7 Å². The summed E-state index contributed by atoms with van der Waals surface area (Å²) in [5.41, 5.74) is 6.64. The van der Waals surface area contributed by atoms with Gasteiger partial charge in [0.15, 0.2) is 0 Å². The summed E-state index contributed by atoms with van der Waals surface area (Å²) in [6, 6.07) is 0.0405. The van der Waals surface area contributed by atoms with Gasteiger partial charge in [-0.2, -0.15) is 4.31 Å². The van der Waals surface area contributed by atoms with E-state index in [-0.39, 0.29) is 15.8 Å². The van der Waals surface area contributed by atoms with Gasteiger partial charge in [0.25, 0.3) is 10.0 Å². The Labute approximate surface area is 118 Å². The van der Waals surface area contributed by atoms with Gasteiger partial charge in [0.2, 0.25) is 4.34 Å². The fourth-order valence-corrected chi connectivity index (χ4v) is 5.27. The standard InChI is InChI=1S/C12H21N3O2S2/c1-8-9(2)18-11(14-8)19(16,17)15-6-5-10(13)12(3,4)7-15/h10H,5-7,13H2,1-4H3. The lowest BCUT2D eigenvalue weighted by Crippen LogP contribution is -2.53. The van der Waals surface area contributed by atoms with Gasteiger partial charge in [-0.25, -0.2) is 13.4 Å². The van der Waals surface area contributed by atoms with Crippen molar-refractivity contribution in [2.75, 3.05) is 13.1 Å². The molecule has 19 heavy (non-hydrogen) atoms. The molecule has 1 aliphatic heterocycles. The number of piperidine rings is 1. The first kappa shape index (κ1) is 14.9. The van der Waals surface area contributed by atoms with Gasteiger partial charge in [-0.1, -0.05) is 13.8 Å². The van der Waals surface area contributed by atoms with Crippen LogP contribution in [0, 0.1) is 19.3 Å². The van der Waals surface area contributed by atoms with E-state index in [9.17, 15) is 8.42 Å². The van der Waals surface area contributed by atoms with E-state index in [1.54, 1.807) is 0 Å². The maximum atomic E-state index is 12.6. The Morgan fingerprint density at radius 2 is 2.05 bits per heavy atom. The Balaban J connectivity index is 2.31. The fraction of sp³-hybridized carbons (Fsp3) is 0.750. The number of nitrogens with zero attached hydrogens (tertiary/aromatic N) is 2. The Morgan fingerprint density at radius 1 is 1.42 bits per heavy atom. The molecule has 2 rings (SSSR count). The molecule has 0 radical (unpaired) electrons. The molecule has 1 aromatic heterocycles. The van der Waals surface area contributed by atoms with E-state index < -0.39 is 10.0 Å². The minimum Gasteiger partial charge on any atom is -0.327 e. The van der Waals surface area contributed by atoms with Crippen LogP contribution in [0.25, 0.3) is 0 Å². The average Bonchev–Trinajstić information content (AvgIpc) is 2.63.